The van der Waals surface area contributed by atoms with Crippen LogP contribution >= 0.6 is 11.8 Å². The number of alkyl carbamates (subject to hydrolysis) is 1. The highest BCUT2D eigenvalue weighted by molar-refractivity contribution is 7.99. The molecule has 1 aliphatic heterocycles. The number of esters is 1. The first-order valence-electron chi connectivity index (χ1n) is 16.0. The maximum absolute atomic E-state index is 14.2. The first-order valence-corrected chi connectivity index (χ1v) is 17.1. The molecule has 1 aromatic heterocycles. The lowest BCUT2D eigenvalue weighted by atomic mass is 10.1. The number of hydrogen-bond donors (Lipinski definition) is 2. The molecule has 2 aromatic rings. The number of thioether (sulfide) groups is 1. The predicted molar refractivity (Wildman–Crippen MR) is 179 cm³/mol. The topological polar surface area (TPSA) is 145 Å². The highest BCUT2D eigenvalue weighted by Crippen LogP contribution is 2.38. The van der Waals surface area contributed by atoms with Crippen LogP contribution in [0.4, 0.5) is 4.79 Å². The first kappa shape index (κ1) is 35.8. The Kier molecular flexibility index (Phi) is 12.0. The number of fused-ring (bicyclic) bond motifs is 1. The number of pyridine rings is 1. The molecule has 1 saturated heterocycles. The number of allylic oxidation sites excluding steroid dienone is 1. The molecule has 2 fully saturated rings. The van der Waals surface area contributed by atoms with Gasteiger partial charge < -0.3 is 34.5 Å². The summed E-state index contributed by atoms with van der Waals surface area (Å²) in [7, 11) is 1.59. The van der Waals surface area contributed by atoms with Crippen LogP contribution in [0.5, 0.6) is 11.6 Å². The van der Waals surface area contributed by atoms with E-state index >= 15 is 0 Å². The zero-order valence-corrected chi connectivity index (χ0v) is 28.7. The number of aromatic nitrogens is 1. The molecule has 12 nitrogen and oxygen atoms in total. The van der Waals surface area contributed by atoms with Gasteiger partial charge in [0.25, 0.3) is 0 Å². The van der Waals surface area contributed by atoms with Crippen molar-refractivity contribution >= 4 is 46.4 Å². The van der Waals surface area contributed by atoms with Gasteiger partial charge in [-0.2, -0.15) is 11.8 Å². The molecule has 47 heavy (non-hydrogen) atoms. The molecule has 2 unspecified atom stereocenters. The van der Waals surface area contributed by atoms with Crippen LogP contribution in [0.1, 0.15) is 59.8 Å². The number of unbranched alkanes of at least 4 members (excludes halogenated alkanes) is 1. The summed E-state index contributed by atoms with van der Waals surface area (Å²) in [5, 5.41) is 7.20. The monoisotopic (exact) mass is 670 g/mol. The van der Waals surface area contributed by atoms with Gasteiger partial charge in [-0.3, -0.25) is 9.59 Å². The summed E-state index contributed by atoms with van der Waals surface area (Å²) in [6.07, 6.45) is 4.87. The van der Waals surface area contributed by atoms with Gasteiger partial charge >= 0.3 is 12.1 Å². The Balaban J connectivity index is 1.59. The van der Waals surface area contributed by atoms with Gasteiger partial charge in [0.2, 0.25) is 17.7 Å². The van der Waals surface area contributed by atoms with E-state index in [1.165, 1.54) is 16.7 Å². The average molecular weight is 671 g/mol. The van der Waals surface area contributed by atoms with Gasteiger partial charge in [-0.05, 0) is 88.8 Å². The normalized spacial score (nSPS) is 19.0. The van der Waals surface area contributed by atoms with Gasteiger partial charge in [0.15, 0.2) is 0 Å². The molecule has 2 heterocycles. The van der Waals surface area contributed by atoms with Crippen molar-refractivity contribution < 1.29 is 38.1 Å². The summed E-state index contributed by atoms with van der Waals surface area (Å²) in [4.78, 5) is 59.5. The molecule has 0 bridgehead atoms. The lowest BCUT2D eigenvalue weighted by molar-refractivity contribution is -0.149. The minimum atomic E-state index is -1.10. The number of carbonyl (C=O) groups is 4. The molecule has 0 spiro atoms. The van der Waals surface area contributed by atoms with Crippen molar-refractivity contribution in [3.05, 3.63) is 43.1 Å². The second-order valence-corrected chi connectivity index (χ2v) is 13.8. The second kappa shape index (κ2) is 15.7. The predicted octanol–water partition coefficient (Wildman–Crippen LogP) is 4.40. The van der Waals surface area contributed by atoms with Crippen LogP contribution in [-0.4, -0.2) is 94.9 Å². The van der Waals surface area contributed by atoms with Gasteiger partial charge in [-0.25, -0.2) is 14.6 Å². The summed E-state index contributed by atoms with van der Waals surface area (Å²) in [5.41, 5.74) is -1.88. The minimum Gasteiger partial charge on any atom is -0.497 e. The second-order valence-electron chi connectivity index (χ2n) is 12.7. The van der Waals surface area contributed by atoms with Crippen molar-refractivity contribution in [2.45, 2.75) is 89.1 Å². The van der Waals surface area contributed by atoms with E-state index in [1.54, 1.807) is 41.0 Å². The maximum Gasteiger partial charge on any atom is 0.408 e. The molecule has 1 aliphatic carbocycles. The molecule has 1 saturated carbocycles. The van der Waals surface area contributed by atoms with E-state index < -0.39 is 53.2 Å². The largest absolute Gasteiger partial charge is 0.497 e. The van der Waals surface area contributed by atoms with Gasteiger partial charge in [0.05, 0.1) is 20.3 Å². The first-order chi connectivity index (χ1) is 22.4. The summed E-state index contributed by atoms with van der Waals surface area (Å²) in [5.74, 6) is 0.634. The van der Waals surface area contributed by atoms with E-state index in [-0.39, 0.29) is 25.3 Å². The number of ether oxygens (including phenoxy) is 4. The molecule has 13 heteroatoms. The lowest BCUT2D eigenvalue weighted by Crippen LogP contribution is -2.57. The molecule has 3 amide bonds. The molecule has 1 aromatic carbocycles. The Morgan fingerprint density at radius 3 is 2.64 bits per heavy atom. The van der Waals surface area contributed by atoms with E-state index in [2.05, 4.69) is 22.2 Å². The zero-order valence-electron chi connectivity index (χ0n) is 27.8. The van der Waals surface area contributed by atoms with Crippen LogP contribution in [0.2, 0.25) is 0 Å². The highest BCUT2D eigenvalue weighted by atomic mass is 32.2. The van der Waals surface area contributed by atoms with Crippen LogP contribution in [0.15, 0.2) is 43.1 Å². The third-order valence-electron chi connectivity index (χ3n) is 7.81. The van der Waals surface area contributed by atoms with Crippen LogP contribution in [-0.2, 0) is 23.9 Å². The van der Waals surface area contributed by atoms with Crippen LogP contribution < -0.4 is 20.1 Å². The maximum atomic E-state index is 14.2. The van der Waals surface area contributed by atoms with Crippen molar-refractivity contribution in [3.8, 4) is 11.6 Å². The van der Waals surface area contributed by atoms with Gasteiger partial charge in [-0.15, -0.1) is 6.58 Å². The Labute approximate surface area is 280 Å². The Morgan fingerprint density at radius 1 is 1.21 bits per heavy atom. The summed E-state index contributed by atoms with van der Waals surface area (Å²) in [6, 6.07) is 5.42. The molecule has 3 atom stereocenters. The number of carbonyl (C=O) groups excluding carboxylic acids is 4. The fraction of sp³-hybridized carbons (Fsp3) is 0.559. The number of nitrogens with one attached hydrogen (secondary N) is 2. The zero-order chi connectivity index (χ0) is 34.2. The molecule has 2 N–H and O–H groups in total. The third-order valence-corrected chi connectivity index (χ3v) is 8.96. The van der Waals surface area contributed by atoms with E-state index in [0.29, 0.717) is 24.5 Å². The molecule has 2 aliphatic rings. The van der Waals surface area contributed by atoms with E-state index in [4.69, 9.17) is 18.9 Å². The average Bonchev–Trinajstić information content (AvgIpc) is 3.68. The van der Waals surface area contributed by atoms with Gasteiger partial charge in [0, 0.05) is 23.8 Å². The Morgan fingerprint density at radius 2 is 1.98 bits per heavy atom. The van der Waals surface area contributed by atoms with Crippen LogP contribution in [0.25, 0.3) is 10.8 Å². The third kappa shape index (κ3) is 9.52. The number of nitrogens with zero attached hydrogens (tertiary/aromatic N) is 2. The minimum absolute atomic E-state index is 0.0607. The quantitative estimate of drug-likeness (QED) is 0.159. The van der Waals surface area contributed by atoms with Crippen LogP contribution in [0.3, 0.4) is 0 Å². The molecular formula is C34H46N4O8S. The van der Waals surface area contributed by atoms with Crippen LogP contribution in [0, 0.1) is 0 Å². The fourth-order valence-corrected chi connectivity index (χ4v) is 6.33. The van der Waals surface area contributed by atoms with Gasteiger partial charge in [0.1, 0.15) is 35.1 Å². The number of amides is 3. The number of methoxy groups -OCH3 is 1. The van der Waals surface area contributed by atoms with E-state index in [0.717, 1.165) is 29.4 Å². The molecular weight excluding hydrogens is 624 g/mol. The molecule has 0 radical (unpaired) electrons. The van der Waals surface area contributed by atoms with Crippen molar-refractivity contribution in [2.75, 3.05) is 31.8 Å². The Bertz CT molecular complexity index is 1460. The number of benzene rings is 1. The van der Waals surface area contributed by atoms with Crippen molar-refractivity contribution in [1.82, 2.24) is 20.5 Å². The standard InChI is InChI=1S/C34H46N4O8S/c1-7-9-10-17-47-21-26(36-32(42)46-33(3,4)5)30(40)38-20-24(19-27(38)28(39)37-34(14-15-34)31(41)44-8-2)45-29-25-12-11-23(43-6)18-22(25)13-16-35-29/h7,11-13,16,18,24,26-27H,1,8-10,14-15,17,19-21H2,2-6H3,(H,36,42)(H,37,39)/t24?,26-,27?/m0/s1. The number of likely N-dealkylation sites (tertiary alicyclic amines) is 1. The van der Waals surface area contributed by atoms with Crippen molar-refractivity contribution in [3.63, 3.8) is 0 Å². The summed E-state index contributed by atoms with van der Waals surface area (Å²) in [6.45, 7) is 10.9. The van der Waals surface area contributed by atoms with Crippen molar-refractivity contribution in [1.29, 1.82) is 0 Å². The summed E-state index contributed by atoms with van der Waals surface area (Å²) >= 11 is 1.52. The van der Waals surface area contributed by atoms with E-state index in [9.17, 15) is 19.2 Å². The highest BCUT2D eigenvalue weighted by Gasteiger charge is 2.55. The fourth-order valence-electron chi connectivity index (χ4n) is 5.33. The van der Waals surface area contributed by atoms with Gasteiger partial charge in [-0.1, -0.05) is 6.08 Å². The SMILES string of the molecule is C=CCCCSC[C@H](NC(=O)OC(C)(C)C)C(=O)N1CC(Oc2nccc3cc(OC)ccc23)CC1C(=O)NC1(C(=O)OCC)CC1. The van der Waals surface area contributed by atoms with Crippen molar-refractivity contribution in [2.24, 2.45) is 0 Å². The number of hydrogen-bond acceptors (Lipinski definition) is 10. The van der Waals surface area contributed by atoms with E-state index in [1.807, 2.05) is 30.3 Å². The summed E-state index contributed by atoms with van der Waals surface area (Å²) < 4.78 is 22.4. The smallest absolute Gasteiger partial charge is 0.408 e. The Hall–Kier alpha value is -4.00. The lowest BCUT2D eigenvalue weighted by Gasteiger charge is -2.30. The molecule has 256 valence electrons. The number of rotatable bonds is 15. The molecule has 4 rings (SSSR count).